The summed E-state index contributed by atoms with van der Waals surface area (Å²) < 4.78 is 0. The van der Waals surface area contributed by atoms with Gasteiger partial charge in [-0.05, 0) is 55.2 Å². The van der Waals surface area contributed by atoms with Gasteiger partial charge in [0, 0.05) is 24.7 Å². The number of nitrogens with two attached hydrogens (primary N) is 1. The van der Waals surface area contributed by atoms with Crippen molar-refractivity contribution in [1.82, 2.24) is 4.90 Å². The molecular formula is C17H24N2O. The quantitative estimate of drug-likeness (QED) is 0.898. The number of hydrogen-bond acceptors (Lipinski definition) is 2. The van der Waals surface area contributed by atoms with Gasteiger partial charge in [-0.3, -0.25) is 4.79 Å². The molecule has 1 saturated heterocycles. The highest BCUT2D eigenvalue weighted by atomic mass is 16.2. The Labute approximate surface area is 121 Å². The van der Waals surface area contributed by atoms with Crippen molar-refractivity contribution in [2.75, 3.05) is 13.1 Å². The minimum absolute atomic E-state index is 0.200. The van der Waals surface area contributed by atoms with Crippen LogP contribution in [0.15, 0.2) is 18.2 Å². The Morgan fingerprint density at radius 3 is 3.00 bits per heavy atom. The van der Waals surface area contributed by atoms with Gasteiger partial charge in [-0.2, -0.15) is 0 Å². The number of hydrogen-bond donors (Lipinski definition) is 1. The molecular weight excluding hydrogens is 248 g/mol. The average Bonchev–Trinajstić information content (AvgIpc) is 2.94. The maximum absolute atomic E-state index is 12.9. The van der Waals surface area contributed by atoms with Gasteiger partial charge in [0.15, 0.2) is 0 Å². The standard InChI is InChI=1S/C17H24N2O/c1-12-5-4-10-19(16(12)11-18)17(20)15-9-3-7-13-6-2-8-14(13)15/h3,7,9,12,16H,2,4-6,8,10-11,18H2,1H3. The summed E-state index contributed by atoms with van der Waals surface area (Å²) in [5.41, 5.74) is 9.49. The van der Waals surface area contributed by atoms with Crippen LogP contribution >= 0.6 is 0 Å². The second-order valence-electron chi connectivity index (χ2n) is 6.22. The van der Waals surface area contributed by atoms with E-state index < -0.39 is 0 Å². The maximum Gasteiger partial charge on any atom is 0.254 e. The van der Waals surface area contributed by atoms with Crippen LogP contribution in [0.4, 0.5) is 0 Å². The molecule has 3 rings (SSSR count). The lowest BCUT2D eigenvalue weighted by atomic mass is 9.89. The summed E-state index contributed by atoms with van der Waals surface area (Å²) in [6.07, 6.45) is 5.62. The summed E-state index contributed by atoms with van der Waals surface area (Å²) in [6, 6.07) is 6.40. The van der Waals surface area contributed by atoms with Gasteiger partial charge in [0.1, 0.15) is 0 Å². The third-order valence-corrected chi connectivity index (χ3v) is 4.99. The molecule has 2 unspecified atom stereocenters. The van der Waals surface area contributed by atoms with Crippen LogP contribution in [0.1, 0.15) is 47.7 Å². The average molecular weight is 272 g/mol. The van der Waals surface area contributed by atoms with Crippen molar-refractivity contribution in [3.05, 3.63) is 34.9 Å². The molecule has 0 aromatic heterocycles. The molecule has 1 aromatic carbocycles. The number of carbonyl (C=O) groups excluding carboxylic acids is 1. The van der Waals surface area contributed by atoms with Crippen molar-refractivity contribution < 1.29 is 4.79 Å². The van der Waals surface area contributed by atoms with E-state index in [1.165, 1.54) is 24.0 Å². The van der Waals surface area contributed by atoms with E-state index in [1.807, 2.05) is 17.0 Å². The zero-order valence-corrected chi connectivity index (χ0v) is 12.3. The Morgan fingerprint density at radius 2 is 2.20 bits per heavy atom. The lowest BCUT2D eigenvalue weighted by molar-refractivity contribution is 0.0531. The first-order valence-electron chi connectivity index (χ1n) is 7.84. The number of aryl methyl sites for hydroxylation is 1. The Bertz CT molecular complexity index is 512. The minimum atomic E-state index is 0.200. The SMILES string of the molecule is CC1CCCN(C(=O)c2cccc3c2CCC3)C1CN. The number of nitrogens with zero attached hydrogens (tertiary/aromatic N) is 1. The second kappa shape index (κ2) is 5.57. The van der Waals surface area contributed by atoms with E-state index in [0.717, 1.165) is 31.4 Å². The smallest absolute Gasteiger partial charge is 0.254 e. The Morgan fingerprint density at radius 1 is 1.35 bits per heavy atom. The largest absolute Gasteiger partial charge is 0.334 e. The molecule has 0 spiro atoms. The van der Waals surface area contributed by atoms with Gasteiger partial charge in [0.25, 0.3) is 5.91 Å². The molecule has 1 aromatic rings. The molecule has 3 nitrogen and oxygen atoms in total. The van der Waals surface area contributed by atoms with Crippen LogP contribution in [0, 0.1) is 5.92 Å². The van der Waals surface area contributed by atoms with Gasteiger partial charge in [0.05, 0.1) is 0 Å². The summed E-state index contributed by atoms with van der Waals surface area (Å²) in [6.45, 7) is 3.64. The number of carbonyl (C=O) groups is 1. The number of likely N-dealkylation sites (tertiary alicyclic amines) is 1. The third-order valence-electron chi connectivity index (χ3n) is 4.99. The van der Waals surface area contributed by atoms with Gasteiger partial charge in [-0.25, -0.2) is 0 Å². The number of benzene rings is 1. The summed E-state index contributed by atoms with van der Waals surface area (Å²) in [5, 5.41) is 0. The van der Waals surface area contributed by atoms with Crippen LogP contribution in [-0.2, 0) is 12.8 Å². The first kappa shape index (κ1) is 13.6. The fourth-order valence-electron chi connectivity index (χ4n) is 3.84. The molecule has 108 valence electrons. The van der Waals surface area contributed by atoms with Gasteiger partial charge in [-0.1, -0.05) is 19.1 Å². The van der Waals surface area contributed by atoms with Crippen LogP contribution in [0.5, 0.6) is 0 Å². The van der Waals surface area contributed by atoms with E-state index in [9.17, 15) is 4.79 Å². The van der Waals surface area contributed by atoms with Gasteiger partial charge < -0.3 is 10.6 Å². The van der Waals surface area contributed by atoms with Crippen molar-refractivity contribution in [2.24, 2.45) is 11.7 Å². The maximum atomic E-state index is 12.9. The summed E-state index contributed by atoms with van der Waals surface area (Å²) >= 11 is 0. The molecule has 1 amide bonds. The molecule has 0 radical (unpaired) electrons. The van der Waals surface area contributed by atoms with E-state index >= 15 is 0 Å². The van der Waals surface area contributed by atoms with Crippen molar-refractivity contribution in [2.45, 2.75) is 45.1 Å². The molecule has 2 aliphatic rings. The first-order chi connectivity index (χ1) is 9.72. The number of fused-ring (bicyclic) bond motifs is 1. The minimum Gasteiger partial charge on any atom is -0.334 e. The predicted molar refractivity (Wildman–Crippen MR) is 80.7 cm³/mol. The van der Waals surface area contributed by atoms with Crippen LogP contribution < -0.4 is 5.73 Å². The lowest BCUT2D eigenvalue weighted by Gasteiger charge is -2.39. The van der Waals surface area contributed by atoms with Crippen LogP contribution in [0.3, 0.4) is 0 Å². The van der Waals surface area contributed by atoms with E-state index in [0.29, 0.717) is 12.5 Å². The number of rotatable bonds is 2. The third kappa shape index (κ3) is 2.24. The van der Waals surface area contributed by atoms with Crippen LogP contribution in [0.25, 0.3) is 0 Å². The van der Waals surface area contributed by atoms with Crippen LogP contribution in [0.2, 0.25) is 0 Å². The summed E-state index contributed by atoms with van der Waals surface area (Å²) in [5.74, 6) is 0.709. The Balaban J connectivity index is 1.90. The zero-order valence-electron chi connectivity index (χ0n) is 12.3. The Hall–Kier alpha value is -1.35. The van der Waals surface area contributed by atoms with Crippen molar-refractivity contribution >= 4 is 5.91 Å². The predicted octanol–water partition coefficient (Wildman–Crippen LogP) is 2.37. The molecule has 2 N–H and O–H groups in total. The van der Waals surface area contributed by atoms with Gasteiger partial charge >= 0.3 is 0 Å². The topological polar surface area (TPSA) is 46.3 Å². The molecule has 3 heteroatoms. The zero-order chi connectivity index (χ0) is 14.1. The van der Waals surface area contributed by atoms with E-state index in [1.54, 1.807) is 0 Å². The molecule has 20 heavy (non-hydrogen) atoms. The number of piperidine rings is 1. The summed E-state index contributed by atoms with van der Waals surface area (Å²) in [4.78, 5) is 15.0. The molecule has 1 fully saturated rings. The van der Waals surface area contributed by atoms with E-state index in [2.05, 4.69) is 13.0 Å². The first-order valence-corrected chi connectivity index (χ1v) is 7.84. The van der Waals surface area contributed by atoms with Crippen LogP contribution in [-0.4, -0.2) is 29.9 Å². The molecule has 0 saturated carbocycles. The fourth-order valence-corrected chi connectivity index (χ4v) is 3.84. The van der Waals surface area contributed by atoms with E-state index in [-0.39, 0.29) is 11.9 Å². The van der Waals surface area contributed by atoms with E-state index in [4.69, 9.17) is 5.73 Å². The second-order valence-corrected chi connectivity index (χ2v) is 6.22. The normalized spacial score (nSPS) is 25.6. The monoisotopic (exact) mass is 272 g/mol. The van der Waals surface area contributed by atoms with Crippen molar-refractivity contribution in [3.8, 4) is 0 Å². The Kier molecular flexibility index (Phi) is 3.79. The van der Waals surface area contributed by atoms with Gasteiger partial charge in [-0.15, -0.1) is 0 Å². The fraction of sp³-hybridized carbons (Fsp3) is 0.588. The number of amides is 1. The highest BCUT2D eigenvalue weighted by Gasteiger charge is 2.32. The molecule has 1 aliphatic carbocycles. The van der Waals surface area contributed by atoms with Crippen molar-refractivity contribution in [3.63, 3.8) is 0 Å². The molecule has 0 bridgehead atoms. The molecule has 2 atom stereocenters. The van der Waals surface area contributed by atoms with Crippen molar-refractivity contribution in [1.29, 1.82) is 0 Å². The molecule has 1 aliphatic heterocycles. The lowest BCUT2D eigenvalue weighted by Crippen LogP contribution is -2.51. The highest BCUT2D eigenvalue weighted by Crippen LogP contribution is 2.29. The van der Waals surface area contributed by atoms with Gasteiger partial charge in [0.2, 0.25) is 0 Å². The summed E-state index contributed by atoms with van der Waals surface area (Å²) in [7, 11) is 0. The molecule has 1 heterocycles. The highest BCUT2D eigenvalue weighted by molar-refractivity contribution is 5.96.